The van der Waals surface area contributed by atoms with E-state index in [9.17, 15) is 9.59 Å². The molecule has 1 N–H and O–H groups in total. The molecule has 1 heterocycles. The van der Waals surface area contributed by atoms with Crippen LogP contribution in [0.3, 0.4) is 0 Å². The lowest BCUT2D eigenvalue weighted by Crippen LogP contribution is -2.23. The molecule has 6 heteroatoms. The highest BCUT2D eigenvalue weighted by Crippen LogP contribution is 2.32. The van der Waals surface area contributed by atoms with Crippen LogP contribution >= 0.6 is 0 Å². The minimum Gasteiger partial charge on any atom is -0.454 e. The third-order valence-corrected chi connectivity index (χ3v) is 3.74. The Balaban J connectivity index is 1.55. The van der Waals surface area contributed by atoms with E-state index in [1.54, 1.807) is 56.6 Å². The van der Waals surface area contributed by atoms with Crippen molar-refractivity contribution in [2.75, 3.05) is 27.4 Å². The summed E-state index contributed by atoms with van der Waals surface area (Å²) in [6, 6.07) is 12.1. The van der Waals surface area contributed by atoms with Crippen molar-refractivity contribution in [2.45, 2.75) is 0 Å². The van der Waals surface area contributed by atoms with Gasteiger partial charge in [0, 0.05) is 30.8 Å². The van der Waals surface area contributed by atoms with Gasteiger partial charge in [-0.3, -0.25) is 9.59 Å². The van der Waals surface area contributed by atoms with Gasteiger partial charge in [-0.15, -0.1) is 0 Å². The second-order valence-electron chi connectivity index (χ2n) is 5.83. The van der Waals surface area contributed by atoms with Gasteiger partial charge >= 0.3 is 0 Å². The van der Waals surface area contributed by atoms with E-state index in [1.807, 2.05) is 0 Å². The summed E-state index contributed by atoms with van der Waals surface area (Å²) in [7, 11) is 3.41. The SMILES string of the molecule is CN(C)C(=O)c1ccc(C#CCNC(=O)c2ccc3c(c2)OCO3)cc1. The van der Waals surface area contributed by atoms with Gasteiger partial charge in [0.15, 0.2) is 11.5 Å². The second kappa shape index (κ2) is 7.62. The summed E-state index contributed by atoms with van der Waals surface area (Å²) in [6.45, 7) is 0.385. The first-order valence-corrected chi connectivity index (χ1v) is 8.03. The van der Waals surface area contributed by atoms with Crippen LogP contribution in [0, 0.1) is 11.8 Å². The van der Waals surface area contributed by atoms with Gasteiger partial charge in [-0.2, -0.15) is 0 Å². The average molecular weight is 350 g/mol. The number of hydrogen-bond acceptors (Lipinski definition) is 4. The molecular formula is C20H18N2O4. The first-order valence-electron chi connectivity index (χ1n) is 8.03. The number of rotatable bonds is 3. The molecule has 0 fully saturated rings. The molecule has 0 spiro atoms. The van der Waals surface area contributed by atoms with E-state index in [0.29, 0.717) is 22.6 Å². The fraction of sp³-hybridized carbons (Fsp3) is 0.200. The summed E-state index contributed by atoms with van der Waals surface area (Å²) in [4.78, 5) is 25.5. The number of ether oxygens (including phenoxy) is 2. The molecule has 0 atom stereocenters. The summed E-state index contributed by atoms with van der Waals surface area (Å²) in [6.07, 6.45) is 0. The van der Waals surface area contributed by atoms with Crippen LogP contribution in [0.25, 0.3) is 0 Å². The van der Waals surface area contributed by atoms with Crippen molar-refractivity contribution < 1.29 is 19.1 Å². The van der Waals surface area contributed by atoms with E-state index in [4.69, 9.17) is 9.47 Å². The fourth-order valence-electron chi connectivity index (χ4n) is 2.36. The summed E-state index contributed by atoms with van der Waals surface area (Å²) >= 11 is 0. The van der Waals surface area contributed by atoms with Gasteiger partial charge in [-0.25, -0.2) is 0 Å². The highest BCUT2D eigenvalue weighted by molar-refractivity contribution is 5.95. The maximum atomic E-state index is 12.1. The quantitative estimate of drug-likeness (QED) is 0.859. The van der Waals surface area contributed by atoms with Gasteiger partial charge in [0.05, 0.1) is 6.54 Å². The lowest BCUT2D eigenvalue weighted by atomic mass is 10.1. The zero-order chi connectivity index (χ0) is 18.5. The molecule has 2 aromatic rings. The van der Waals surface area contributed by atoms with E-state index in [0.717, 1.165) is 5.56 Å². The normalized spacial score (nSPS) is 11.3. The topological polar surface area (TPSA) is 67.9 Å². The van der Waals surface area contributed by atoms with Crippen LogP contribution in [0.5, 0.6) is 11.5 Å². The first-order chi connectivity index (χ1) is 12.5. The van der Waals surface area contributed by atoms with Crippen LogP contribution in [-0.4, -0.2) is 44.1 Å². The predicted molar refractivity (Wildman–Crippen MR) is 96.2 cm³/mol. The Labute approximate surface area is 151 Å². The maximum absolute atomic E-state index is 12.1. The maximum Gasteiger partial charge on any atom is 0.253 e. The number of benzene rings is 2. The number of hydrogen-bond donors (Lipinski definition) is 1. The average Bonchev–Trinajstić information content (AvgIpc) is 3.12. The van der Waals surface area contributed by atoms with E-state index in [1.165, 1.54) is 4.90 Å². The van der Waals surface area contributed by atoms with Crippen LogP contribution in [0.1, 0.15) is 26.3 Å². The van der Waals surface area contributed by atoms with Crippen LogP contribution in [0.2, 0.25) is 0 Å². The number of fused-ring (bicyclic) bond motifs is 1. The molecule has 6 nitrogen and oxygen atoms in total. The van der Waals surface area contributed by atoms with Crippen molar-refractivity contribution in [3.63, 3.8) is 0 Å². The first kappa shape index (κ1) is 17.4. The monoisotopic (exact) mass is 350 g/mol. The number of amides is 2. The molecule has 0 saturated carbocycles. The Hall–Kier alpha value is -3.46. The van der Waals surface area contributed by atoms with Gasteiger partial charge in [-0.1, -0.05) is 11.8 Å². The molecule has 1 aliphatic rings. The lowest BCUT2D eigenvalue weighted by Gasteiger charge is -2.09. The third kappa shape index (κ3) is 3.95. The van der Waals surface area contributed by atoms with Gasteiger partial charge in [0.25, 0.3) is 11.8 Å². The zero-order valence-corrected chi connectivity index (χ0v) is 14.5. The lowest BCUT2D eigenvalue weighted by molar-refractivity contribution is 0.0827. The van der Waals surface area contributed by atoms with E-state index in [2.05, 4.69) is 17.2 Å². The zero-order valence-electron chi connectivity index (χ0n) is 14.5. The van der Waals surface area contributed by atoms with E-state index >= 15 is 0 Å². The van der Waals surface area contributed by atoms with Crippen molar-refractivity contribution in [1.82, 2.24) is 10.2 Å². The molecule has 0 aliphatic carbocycles. The summed E-state index contributed by atoms with van der Waals surface area (Å²) in [5, 5.41) is 2.74. The second-order valence-corrected chi connectivity index (χ2v) is 5.83. The minimum absolute atomic E-state index is 0.0551. The Kier molecular flexibility index (Phi) is 5.09. The summed E-state index contributed by atoms with van der Waals surface area (Å²) < 4.78 is 10.5. The molecule has 0 bridgehead atoms. The number of nitrogens with zero attached hydrogens (tertiary/aromatic N) is 1. The molecule has 1 aliphatic heterocycles. The predicted octanol–water partition coefficient (Wildman–Crippen LogP) is 1.90. The van der Waals surface area contributed by atoms with Crippen LogP contribution in [0.4, 0.5) is 0 Å². The van der Waals surface area contributed by atoms with Crippen LogP contribution in [0.15, 0.2) is 42.5 Å². The molecule has 0 unspecified atom stereocenters. The van der Waals surface area contributed by atoms with Crippen LogP contribution in [-0.2, 0) is 0 Å². The number of carbonyl (C=O) groups is 2. The number of nitrogens with one attached hydrogen (secondary N) is 1. The van der Waals surface area contributed by atoms with Crippen molar-refractivity contribution in [3.8, 4) is 23.3 Å². The molecule has 0 aromatic heterocycles. The Morgan fingerprint density at radius 1 is 1.04 bits per heavy atom. The smallest absolute Gasteiger partial charge is 0.253 e. The minimum atomic E-state index is -0.232. The molecular weight excluding hydrogens is 332 g/mol. The third-order valence-electron chi connectivity index (χ3n) is 3.74. The Morgan fingerprint density at radius 3 is 2.46 bits per heavy atom. The van der Waals surface area contributed by atoms with Crippen molar-refractivity contribution in [3.05, 3.63) is 59.2 Å². The highest BCUT2D eigenvalue weighted by Gasteiger charge is 2.15. The van der Waals surface area contributed by atoms with Crippen molar-refractivity contribution >= 4 is 11.8 Å². The summed E-state index contributed by atoms with van der Waals surface area (Å²) in [5.41, 5.74) is 1.87. The van der Waals surface area contributed by atoms with Crippen LogP contribution < -0.4 is 14.8 Å². The molecule has 3 rings (SSSR count). The highest BCUT2D eigenvalue weighted by atomic mass is 16.7. The van der Waals surface area contributed by atoms with Crippen molar-refractivity contribution in [2.24, 2.45) is 0 Å². The van der Waals surface area contributed by atoms with E-state index < -0.39 is 0 Å². The van der Waals surface area contributed by atoms with Gasteiger partial charge in [-0.05, 0) is 42.5 Å². The summed E-state index contributed by atoms with van der Waals surface area (Å²) in [5.74, 6) is 6.76. The Morgan fingerprint density at radius 2 is 1.73 bits per heavy atom. The molecule has 0 radical (unpaired) electrons. The van der Waals surface area contributed by atoms with E-state index in [-0.39, 0.29) is 25.2 Å². The largest absolute Gasteiger partial charge is 0.454 e. The molecule has 132 valence electrons. The molecule has 0 saturated heterocycles. The van der Waals surface area contributed by atoms with Gasteiger partial charge in [0.2, 0.25) is 6.79 Å². The van der Waals surface area contributed by atoms with Crippen molar-refractivity contribution in [1.29, 1.82) is 0 Å². The van der Waals surface area contributed by atoms with Gasteiger partial charge < -0.3 is 19.7 Å². The standard InChI is InChI=1S/C20H18N2O4/c1-22(2)20(24)15-7-5-14(6-8-15)4-3-11-21-19(23)16-9-10-17-18(12-16)26-13-25-17/h5-10,12H,11,13H2,1-2H3,(H,21,23). The molecule has 2 amide bonds. The van der Waals surface area contributed by atoms with Gasteiger partial charge in [0.1, 0.15) is 0 Å². The molecule has 2 aromatic carbocycles. The number of carbonyl (C=O) groups excluding carboxylic acids is 2. The fourth-order valence-corrected chi connectivity index (χ4v) is 2.36. The Bertz CT molecular complexity index is 892. The molecule has 26 heavy (non-hydrogen) atoms.